The second kappa shape index (κ2) is 5.13. The molecule has 0 saturated heterocycles. The predicted molar refractivity (Wildman–Crippen MR) is 78.5 cm³/mol. The van der Waals surface area contributed by atoms with Crippen molar-refractivity contribution in [3.05, 3.63) is 52.9 Å². The maximum Gasteiger partial charge on any atom is 0.268 e. The van der Waals surface area contributed by atoms with Gasteiger partial charge in [0.05, 0.1) is 23.0 Å². The number of anilines is 1. The van der Waals surface area contributed by atoms with Gasteiger partial charge >= 0.3 is 0 Å². The highest BCUT2D eigenvalue weighted by atomic mass is 16.2. The highest BCUT2D eigenvalue weighted by molar-refractivity contribution is 6.25. The number of rotatable bonds is 3. The summed E-state index contributed by atoms with van der Waals surface area (Å²) in [6, 6.07) is 3.36. The van der Waals surface area contributed by atoms with Gasteiger partial charge in [-0.3, -0.25) is 14.6 Å². The second-order valence-corrected chi connectivity index (χ2v) is 4.40. The molecule has 0 aromatic heterocycles. The van der Waals surface area contributed by atoms with E-state index in [-0.39, 0.29) is 11.5 Å². The number of aliphatic imine (C=N–C) groups is 1. The number of benzene rings is 1. The molecule has 0 aliphatic carbocycles. The van der Waals surface area contributed by atoms with Gasteiger partial charge in [0.15, 0.2) is 0 Å². The lowest BCUT2D eigenvalue weighted by atomic mass is 10.0. The van der Waals surface area contributed by atoms with E-state index in [1.165, 1.54) is 6.20 Å². The number of nitrogens with two attached hydrogens (primary N) is 1. The van der Waals surface area contributed by atoms with Gasteiger partial charge in [-0.2, -0.15) is 0 Å². The Balaban J connectivity index is 2.63. The van der Waals surface area contributed by atoms with Crippen LogP contribution in [0.3, 0.4) is 0 Å². The lowest BCUT2D eigenvalue weighted by Gasteiger charge is -2.14. The third kappa shape index (κ3) is 1.93. The van der Waals surface area contributed by atoms with Gasteiger partial charge < -0.3 is 5.73 Å². The zero-order chi connectivity index (χ0) is 14.9. The Bertz CT molecular complexity index is 631. The van der Waals surface area contributed by atoms with E-state index in [2.05, 4.69) is 11.7 Å². The topological polar surface area (TPSA) is 75.8 Å². The lowest BCUT2D eigenvalue weighted by molar-refractivity contribution is 0.0709. The summed E-state index contributed by atoms with van der Waals surface area (Å²) < 4.78 is 0. The lowest BCUT2D eigenvalue weighted by Crippen LogP contribution is -2.28. The Morgan fingerprint density at radius 3 is 2.50 bits per heavy atom. The summed E-state index contributed by atoms with van der Waals surface area (Å²) in [6.07, 6.45) is 4.71. The van der Waals surface area contributed by atoms with Crippen LogP contribution in [-0.2, 0) is 0 Å². The van der Waals surface area contributed by atoms with Crippen LogP contribution in [0.2, 0.25) is 0 Å². The van der Waals surface area contributed by atoms with Gasteiger partial charge in [-0.15, -0.1) is 0 Å². The van der Waals surface area contributed by atoms with Gasteiger partial charge in [0.2, 0.25) is 0 Å². The molecular formula is C15H15N3O2. The van der Waals surface area contributed by atoms with Crippen LogP contribution in [0.15, 0.2) is 41.2 Å². The van der Waals surface area contributed by atoms with Crippen molar-refractivity contribution in [3.8, 4) is 0 Å². The molecule has 0 unspecified atom stereocenters. The highest BCUT2D eigenvalue weighted by Crippen LogP contribution is 2.32. The van der Waals surface area contributed by atoms with E-state index in [0.717, 1.165) is 10.5 Å². The van der Waals surface area contributed by atoms with Crippen LogP contribution in [-0.4, -0.2) is 23.4 Å². The first-order valence-electron chi connectivity index (χ1n) is 6.09. The Morgan fingerprint density at radius 1 is 1.30 bits per heavy atom. The number of nitrogens with zero attached hydrogens (tertiary/aromatic N) is 2. The van der Waals surface area contributed by atoms with Crippen LogP contribution in [0.4, 0.5) is 5.69 Å². The molecule has 2 N–H and O–H groups in total. The molecule has 0 saturated carbocycles. The molecule has 1 heterocycles. The first-order valence-corrected chi connectivity index (χ1v) is 6.09. The fourth-order valence-corrected chi connectivity index (χ4v) is 2.22. The summed E-state index contributed by atoms with van der Waals surface area (Å²) in [5, 5.41) is 0. The first-order chi connectivity index (χ1) is 9.52. The van der Waals surface area contributed by atoms with Gasteiger partial charge in [0.1, 0.15) is 0 Å². The number of carbonyl (C=O) groups excluding carboxylic acids is 2. The number of imide groups is 1. The molecule has 1 aliphatic heterocycles. The summed E-state index contributed by atoms with van der Waals surface area (Å²) in [5.74, 6) is -0.818. The molecule has 102 valence electrons. The fourth-order valence-electron chi connectivity index (χ4n) is 2.22. The van der Waals surface area contributed by atoms with Crippen molar-refractivity contribution in [1.82, 2.24) is 4.90 Å². The highest BCUT2D eigenvalue weighted by Gasteiger charge is 2.39. The molecule has 20 heavy (non-hydrogen) atoms. The monoisotopic (exact) mass is 269 g/mol. The number of allylic oxidation sites excluding steroid dienone is 2. The number of nitrogen functional groups attached to an aromatic ring is 1. The number of amides is 2. The van der Waals surface area contributed by atoms with Crippen molar-refractivity contribution in [2.45, 2.75) is 13.8 Å². The Hall–Kier alpha value is -2.69. The quantitative estimate of drug-likeness (QED) is 0.396. The standard InChI is InChI=1S/C15H15N3O2/c1-4-5-10(8-17-3)18-14(19)12-9(2)6-7-11(16)13(12)15(18)20/h4-8H,3,16H2,1-2H3/b5-4-,10-8+. The Kier molecular flexibility index (Phi) is 3.52. The summed E-state index contributed by atoms with van der Waals surface area (Å²) in [5.41, 5.74) is 7.84. The van der Waals surface area contributed by atoms with Crippen molar-refractivity contribution in [3.63, 3.8) is 0 Å². The number of carbonyl (C=O) groups is 2. The van der Waals surface area contributed by atoms with E-state index in [1.807, 2.05) is 0 Å². The van der Waals surface area contributed by atoms with Gasteiger partial charge in [-0.25, -0.2) is 4.90 Å². The normalized spacial score (nSPS) is 15.1. The summed E-state index contributed by atoms with van der Waals surface area (Å²) >= 11 is 0. The summed E-state index contributed by atoms with van der Waals surface area (Å²) in [7, 11) is 0. The molecule has 2 rings (SSSR count). The van der Waals surface area contributed by atoms with Gasteiger partial charge in [-0.05, 0) is 38.3 Å². The maximum absolute atomic E-state index is 12.5. The van der Waals surface area contributed by atoms with Crippen LogP contribution in [0.5, 0.6) is 0 Å². The average Bonchev–Trinajstić information content (AvgIpc) is 2.67. The summed E-state index contributed by atoms with van der Waals surface area (Å²) in [4.78, 5) is 29.7. The van der Waals surface area contributed by atoms with E-state index < -0.39 is 5.91 Å². The van der Waals surface area contributed by atoms with E-state index in [9.17, 15) is 9.59 Å². The predicted octanol–water partition coefficient (Wildman–Crippen LogP) is 2.29. The van der Waals surface area contributed by atoms with Gasteiger partial charge in [0.25, 0.3) is 11.8 Å². The van der Waals surface area contributed by atoms with Gasteiger partial charge in [-0.1, -0.05) is 12.1 Å². The molecule has 0 bridgehead atoms. The number of aryl methyl sites for hydroxylation is 1. The smallest absolute Gasteiger partial charge is 0.268 e. The summed E-state index contributed by atoms with van der Waals surface area (Å²) in [6.45, 7) is 6.92. The number of hydrogen-bond donors (Lipinski definition) is 1. The molecule has 2 amide bonds. The zero-order valence-electron chi connectivity index (χ0n) is 11.4. The molecule has 5 nitrogen and oxygen atoms in total. The van der Waals surface area contributed by atoms with Crippen LogP contribution < -0.4 is 5.73 Å². The van der Waals surface area contributed by atoms with Crippen LogP contribution in [0.25, 0.3) is 0 Å². The molecule has 5 heteroatoms. The van der Waals surface area contributed by atoms with Crippen molar-refractivity contribution < 1.29 is 9.59 Å². The average molecular weight is 269 g/mol. The zero-order valence-corrected chi connectivity index (χ0v) is 11.4. The van der Waals surface area contributed by atoms with E-state index in [0.29, 0.717) is 16.9 Å². The molecule has 0 fully saturated rings. The Labute approximate surface area is 117 Å². The molecule has 1 aromatic carbocycles. The van der Waals surface area contributed by atoms with Gasteiger partial charge in [0, 0.05) is 5.69 Å². The third-order valence-electron chi connectivity index (χ3n) is 3.10. The van der Waals surface area contributed by atoms with Crippen molar-refractivity contribution >= 4 is 24.2 Å². The molecule has 1 aliphatic rings. The van der Waals surface area contributed by atoms with Crippen LogP contribution in [0, 0.1) is 6.92 Å². The molecule has 1 aromatic rings. The minimum Gasteiger partial charge on any atom is -0.398 e. The van der Waals surface area contributed by atoms with E-state index >= 15 is 0 Å². The molecular weight excluding hydrogens is 254 g/mol. The minimum absolute atomic E-state index is 0.259. The van der Waals surface area contributed by atoms with Crippen molar-refractivity contribution in [2.75, 3.05) is 5.73 Å². The number of fused-ring (bicyclic) bond motifs is 1. The van der Waals surface area contributed by atoms with E-state index in [4.69, 9.17) is 5.73 Å². The minimum atomic E-state index is -0.431. The van der Waals surface area contributed by atoms with Crippen LogP contribution in [0.1, 0.15) is 33.2 Å². The molecule has 0 atom stereocenters. The van der Waals surface area contributed by atoms with Crippen molar-refractivity contribution in [2.24, 2.45) is 4.99 Å². The van der Waals surface area contributed by atoms with Crippen LogP contribution >= 0.6 is 0 Å². The SMILES string of the molecule is C=N/C=C(\C=C/C)N1C(=O)c2c(C)ccc(N)c2C1=O. The first kappa shape index (κ1) is 13.7. The molecule has 0 spiro atoms. The molecule has 0 radical (unpaired) electrons. The Morgan fingerprint density at radius 2 is 1.95 bits per heavy atom. The third-order valence-corrected chi connectivity index (χ3v) is 3.10. The number of hydrogen-bond acceptors (Lipinski definition) is 4. The van der Waals surface area contributed by atoms with Crippen molar-refractivity contribution in [1.29, 1.82) is 0 Å². The van der Waals surface area contributed by atoms with E-state index in [1.54, 1.807) is 38.1 Å². The maximum atomic E-state index is 12.5. The largest absolute Gasteiger partial charge is 0.398 e. The second-order valence-electron chi connectivity index (χ2n) is 4.40. The fraction of sp³-hybridized carbons (Fsp3) is 0.133.